The Morgan fingerprint density at radius 3 is 2.40 bits per heavy atom. The van der Waals surface area contributed by atoms with E-state index in [-0.39, 0.29) is 6.42 Å². The van der Waals surface area contributed by atoms with E-state index < -0.39 is 18.6 Å². The van der Waals surface area contributed by atoms with Crippen LogP contribution in [0.2, 0.25) is 0 Å². The minimum absolute atomic E-state index is 0.0374. The fourth-order valence-corrected chi connectivity index (χ4v) is 2.55. The van der Waals surface area contributed by atoms with Gasteiger partial charge in [-0.1, -0.05) is 0 Å². The van der Waals surface area contributed by atoms with Crippen molar-refractivity contribution in [3.63, 3.8) is 0 Å². The van der Waals surface area contributed by atoms with Crippen molar-refractivity contribution in [2.45, 2.75) is 38.9 Å². The second-order valence-electron chi connectivity index (χ2n) is 3.66. The number of nitrogens with two attached hydrogens (primary N) is 1. The summed E-state index contributed by atoms with van der Waals surface area (Å²) in [6.45, 7) is 3.81. The fourth-order valence-electron chi connectivity index (χ4n) is 1.48. The first kappa shape index (κ1) is 12.5. The van der Waals surface area contributed by atoms with E-state index in [0.717, 1.165) is 15.3 Å². The van der Waals surface area contributed by atoms with Gasteiger partial charge < -0.3 is 5.73 Å². The molecule has 1 heterocycles. The smallest absolute Gasteiger partial charge is 0.323 e. The normalized spacial score (nSPS) is 14.3. The lowest BCUT2D eigenvalue weighted by atomic mass is 10.1. The first-order chi connectivity index (χ1) is 6.79. The number of alkyl halides is 3. The topological polar surface area (TPSA) is 26.0 Å². The number of thiophene rings is 1. The average molecular weight is 237 g/mol. The molecule has 0 saturated carbocycles. The second kappa shape index (κ2) is 4.53. The Bertz CT molecular complexity index is 330. The van der Waals surface area contributed by atoms with E-state index in [4.69, 9.17) is 5.73 Å². The van der Waals surface area contributed by atoms with Gasteiger partial charge in [0.1, 0.15) is 0 Å². The zero-order chi connectivity index (χ0) is 11.6. The van der Waals surface area contributed by atoms with E-state index in [1.807, 2.05) is 19.9 Å². The minimum atomic E-state index is -4.11. The lowest BCUT2D eigenvalue weighted by molar-refractivity contribution is -0.136. The van der Waals surface area contributed by atoms with Gasteiger partial charge in [0.25, 0.3) is 0 Å². The Balaban J connectivity index is 2.61. The lowest BCUT2D eigenvalue weighted by Gasteiger charge is -2.12. The molecule has 1 atom stereocenters. The van der Waals surface area contributed by atoms with Crippen LogP contribution in [0, 0.1) is 13.8 Å². The zero-order valence-electron chi connectivity index (χ0n) is 8.69. The van der Waals surface area contributed by atoms with Crippen molar-refractivity contribution in [1.29, 1.82) is 0 Å². The molecule has 1 nitrogen and oxygen atoms in total. The van der Waals surface area contributed by atoms with Gasteiger partial charge in [0.05, 0.1) is 0 Å². The van der Waals surface area contributed by atoms with Crippen molar-refractivity contribution in [1.82, 2.24) is 0 Å². The van der Waals surface area contributed by atoms with E-state index in [2.05, 4.69) is 0 Å². The number of halogens is 3. The molecule has 0 aliphatic rings. The molecular weight excluding hydrogens is 223 g/mol. The molecule has 1 aromatic rings. The molecule has 1 unspecified atom stereocenters. The molecule has 1 rings (SSSR count). The van der Waals surface area contributed by atoms with E-state index in [1.165, 1.54) is 11.3 Å². The van der Waals surface area contributed by atoms with E-state index in [0.29, 0.717) is 0 Å². The molecule has 0 amide bonds. The van der Waals surface area contributed by atoms with Gasteiger partial charge in [-0.2, -0.15) is 13.2 Å². The molecule has 0 aromatic carbocycles. The Labute approximate surface area is 91.1 Å². The molecule has 15 heavy (non-hydrogen) atoms. The SMILES string of the molecule is Cc1cc(C)c(C(N)CCC(F)(F)F)s1. The van der Waals surface area contributed by atoms with Gasteiger partial charge in [0.2, 0.25) is 0 Å². The van der Waals surface area contributed by atoms with Crippen LogP contribution in [-0.4, -0.2) is 6.18 Å². The Kier molecular flexibility index (Phi) is 3.78. The summed E-state index contributed by atoms with van der Waals surface area (Å²) in [5.74, 6) is 0. The van der Waals surface area contributed by atoms with E-state index >= 15 is 0 Å². The fraction of sp³-hybridized carbons (Fsp3) is 0.600. The summed E-state index contributed by atoms with van der Waals surface area (Å²) in [5, 5.41) is 0. The van der Waals surface area contributed by atoms with Crippen molar-refractivity contribution < 1.29 is 13.2 Å². The predicted octanol–water partition coefficient (Wildman–Crippen LogP) is 3.71. The quantitative estimate of drug-likeness (QED) is 0.852. The Hall–Kier alpha value is -0.550. The molecule has 0 radical (unpaired) electrons. The highest BCUT2D eigenvalue weighted by Gasteiger charge is 2.28. The van der Waals surface area contributed by atoms with Crippen molar-refractivity contribution in [3.05, 3.63) is 21.4 Å². The van der Waals surface area contributed by atoms with Crippen molar-refractivity contribution in [2.75, 3.05) is 0 Å². The molecule has 0 aliphatic carbocycles. The van der Waals surface area contributed by atoms with Crippen molar-refractivity contribution in [2.24, 2.45) is 5.73 Å². The summed E-state index contributed by atoms with van der Waals surface area (Å²) < 4.78 is 36.0. The predicted molar refractivity (Wildman–Crippen MR) is 56.0 cm³/mol. The molecule has 0 aliphatic heterocycles. The van der Waals surface area contributed by atoms with Crippen molar-refractivity contribution >= 4 is 11.3 Å². The van der Waals surface area contributed by atoms with E-state index in [1.54, 1.807) is 0 Å². The maximum atomic E-state index is 12.0. The van der Waals surface area contributed by atoms with Gasteiger partial charge in [-0.3, -0.25) is 0 Å². The van der Waals surface area contributed by atoms with E-state index in [9.17, 15) is 13.2 Å². The largest absolute Gasteiger partial charge is 0.389 e. The van der Waals surface area contributed by atoms with Gasteiger partial charge in [0, 0.05) is 22.2 Å². The molecule has 0 saturated heterocycles. The van der Waals surface area contributed by atoms with Gasteiger partial charge in [-0.15, -0.1) is 11.3 Å². The highest BCUT2D eigenvalue weighted by atomic mass is 32.1. The molecule has 86 valence electrons. The summed E-state index contributed by atoms with van der Waals surface area (Å²) in [7, 11) is 0. The van der Waals surface area contributed by atoms with Crippen LogP contribution in [0.5, 0.6) is 0 Å². The van der Waals surface area contributed by atoms with Gasteiger partial charge in [-0.05, 0) is 31.9 Å². The Morgan fingerprint density at radius 2 is 2.00 bits per heavy atom. The molecule has 0 spiro atoms. The van der Waals surface area contributed by atoms with Crippen LogP contribution in [0.25, 0.3) is 0 Å². The highest BCUT2D eigenvalue weighted by molar-refractivity contribution is 7.12. The molecule has 2 N–H and O–H groups in total. The highest BCUT2D eigenvalue weighted by Crippen LogP contribution is 2.31. The van der Waals surface area contributed by atoms with Crippen LogP contribution in [0.15, 0.2) is 6.07 Å². The van der Waals surface area contributed by atoms with Crippen LogP contribution in [0.4, 0.5) is 13.2 Å². The van der Waals surface area contributed by atoms with Crippen LogP contribution >= 0.6 is 11.3 Å². The van der Waals surface area contributed by atoms with Crippen LogP contribution in [-0.2, 0) is 0 Å². The monoisotopic (exact) mass is 237 g/mol. The third-order valence-electron chi connectivity index (χ3n) is 2.15. The third-order valence-corrected chi connectivity index (χ3v) is 3.44. The van der Waals surface area contributed by atoms with Gasteiger partial charge in [0.15, 0.2) is 0 Å². The van der Waals surface area contributed by atoms with Crippen LogP contribution < -0.4 is 5.73 Å². The minimum Gasteiger partial charge on any atom is -0.323 e. The number of hydrogen-bond acceptors (Lipinski definition) is 2. The second-order valence-corrected chi connectivity index (χ2v) is 4.95. The molecule has 0 bridgehead atoms. The maximum absolute atomic E-state index is 12.0. The van der Waals surface area contributed by atoms with Gasteiger partial charge in [-0.25, -0.2) is 0 Å². The number of rotatable bonds is 3. The van der Waals surface area contributed by atoms with Gasteiger partial charge >= 0.3 is 6.18 Å². The first-order valence-electron chi connectivity index (χ1n) is 4.69. The summed E-state index contributed by atoms with van der Waals surface area (Å²) in [5.41, 5.74) is 6.72. The Morgan fingerprint density at radius 1 is 1.40 bits per heavy atom. The maximum Gasteiger partial charge on any atom is 0.389 e. The average Bonchev–Trinajstić information content (AvgIpc) is 2.40. The zero-order valence-corrected chi connectivity index (χ0v) is 9.50. The summed E-state index contributed by atoms with van der Waals surface area (Å²) >= 11 is 1.48. The first-order valence-corrected chi connectivity index (χ1v) is 5.50. The van der Waals surface area contributed by atoms with Crippen LogP contribution in [0.1, 0.15) is 34.2 Å². The summed E-state index contributed by atoms with van der Waals surface area (Å²) in [6.07, 6.45) is -4.97. The number of aryl methyl sites for hydroxylation is 2. The molecule has 5 heteroatoms. The summed E-state index contributed by atoms with van der Waals surface area (Å²) in [4.78, 5) is 1.96. The number of hydrogen-bond donors (Lipinski definition) is 1. The summed E-state index contributed by atoms with van der Waals surface area (Å²) in [6, 6.07) is 1.46. The molecule has 1 aromatic heterocycles. The lowest BCUT2D eigenvalue weighted by Crippen LogP contribution is -2.15. The standard InChI is InChI=1S/C10H14F3NS/c1-6-5-7(2)15-9(6)8(14)3-4-10(11,12)13/h5,8H,3-4,14H2,1-2H3. The third kappa shape index (κ3) is 3.83. The molecular formula is C10H14F3NS. The molecule has 0 fully saturated rings. The van der Waals surface area contributed by atoms with Crippen molar-refractivity contribution in [3.8, 4) is 0 Å². The van der Waals surface area contributed by atoms with Crippen LogP contribution in [0.3, 0.4) is 0 Å².